The summed E-state index contributed by atoms with van der Waals surface area (Å²) in [6.07, 6.45) is 1.27. The number of nitrogens with zero attached hydrogens (tertiary/aromatic N) is 3. The Labute approximate surface area is 107 Å². The lowest BCUT2D eigenvalue weighted by Crippen LogP contribution is -2.01. The molecule has 0 fully saturated rings. The SMILES string of the molecule is Nc1c(Cl)ncnc1Nc1ccc([N+](=O)[O-])cc1. The average Bonchev–Trinajstić information content (AvgIpc) is 2.36. The summed E-state index contributed by atoms with van der Waals surface area (Å²) >= 11 is 5.74. The highest BCUT2D eigenvalue weighted by Gasteiger charge is 2.08. The standard InChI is InChI=1S/C10H8ClN5O2/c11-9-8(12)10(14-5-13-9)15-6-1-3-7(4-2-6)16(17)18/h1-5H,12H2,(H,13,14,15). The predicted molar refractivity (Wildman–Crippen MR) is 67.8 cm³/mol. The van der Waals surface area contributed by atoms with E-state index in [0.29, 0.717) is 11.5 Å². The lowest BCUT2D eigenvalue weighted by molar-refractivity contribution is -0.384. The first kappa shape index (κ1) is 12.1. The van der Waals surface area contributed by atoms with Gasteiger partial charge in [-0.05, 0) is 12.1 Å². The molecule has 1 aromatic heterocycles. The van der Waals surface area contributed by atoms with Crippen molar-refractivity contribution in [3.63, 3.8) is 0 Å². The van der Waals surface area contributed by atoms with Gasteiger partial charge in [-0.15, -0.1) is 0 Å². The van der Waals surface area contributed by atoms with E-state index in [1.54, 1.807) is 12.1 Å². The Morgan fingerprint density at radius 1 is 1.28 bits per heavy atom. The van der Waals surface area contributed by atoms with Gasteiger partial charge in [0.1, 0.15) is 12.0 Å². The number of rotatable bonds is 3. The Kier molecular flexibility index (Phi) is 3.24. The summed E-state index contributed by atoms with van der Waals surface area (Å²) in [6.45, 7) is 0. The molecule has 0 saturated heterocycles. The van der Waals surface area contributed by atoms with Gasteiger partial charge in [0.2, 0.25) is 0 Å². The fraction of sp³-hybridized carbons (Fsp3) is 0. The molecule has 0 bridgehead atoms. The third-order valence-electron chi connectivity index (χ3n) is 2.18. The van der Waals surface area contributed by atoms with Gasteiger partial charge in [-0.3, -0.25) is 10.1 Å². The van der Waals surface area contributed by atoms with Gasteiger partial charge in [0.25, 0.3) is 5.69 Å². The predicted octanol–water partition coefficient (Wildman–Crippen LogP) is 2.36. The summed E-state index contributed by atoms with van der Waals surface area (Å²) in [5, 5.41) is 13.5. The van der Waals surface area contributed by atoms with Crippen LogP contribution in [-0.4, -0.2) is 14.9 Å². The van der Waals surface area contributed by atoms with Crippen molar-refractivity contribution in [3.8, 4) is 0 Å². The highest BCUT2D eigenvalue weighted by Crippen LogP contribution is 2.26. The van der Waals surface area contributed by atoms with Crippen molar-refractivity contribution in [1.29, 1.82) is 0 Å². The fourth-order valence-corrected chi connectivity index (χ4v) is 1.41. The van der Waals surface area contributed by atoms with E-state index in [2.05, 4.69) is 15.3 Å². The van der Waals surface area contributed by atoms with E-state index in [0.717, 1.165) is 0 Å². The summed E-state index contributed by atoms with van der Waals surface area (Å²) in [5.74, 6) is 0.351. The molecule has 0 amide bonds. The lowest BCUT2D eigenvalue weighted by Gasteiger charge is -2.07. The fourth-order valence-electron chi connectivity index (χ4n) is 1.28. The zero-order chi connectivity index (χ0) is 13.1. The smallest absolute Gasteiger partial charge is 0.269 e. The Morgan fingerprint density at radius 3 is 2.56 bits per heavy atom. The van der Waals surface area contributed by atoms with Gasteiger partial charge < -0.3 is 11.1 Å². The van der Waals surface area contributed by atoms with Gasteiger partial charge in [-0.25, -0.2) is 9.97 Å². The van der Waals surface area contributed by atoms with Crippen LogP contribution in [-0.2, 0) is 0 Å². The number of nitrogen functional groups attached to an aromatic ring is 1. The van der Waals surface area contributed by atoms with E-state index >= 15 is 0 Å². The topological polar surface area (TPSA) is 107 Å². The normalized spacial score (nSPS) is 10.1. The van der Waals surface area contributed by atoms with Crippen LogP contribution in [0.5, 0.6) is 0 Å². The quantitative estimate of drug-likeness (QED) is 0.501. The van der Waals surface area contributed by atoms with Crippen LogP contribution in [0.3, 0.4) is 0 Å². The summed E-state index contributed by atoms with van der Waals surface area (Å²) in [5.41, 5.74) is 6.52. The number of hydrogen-bond acceptors (Lipinski definition) is 6. The zero-order valence-corrected chi connectivity index (χ0v) is 9.76. The molecule has 0 aliphatic heterocycles. The zero-order valence-electron chi connectivity index (χ0n) is 9.00. The molecule has 3 N–H and O–H groups in total. The minimum atomic E-state index is -0.473. The van der Waals surface area contributed by atoms with Crippen molar-refractivity contribution >= 4 is 34.5 Å². The summed E-state index contributed by atoms with van der Waals surface area (Å²) in [4.78, 5) is 17.7. The molecule has 0 atom stereocenters. The van der Waals surface area contributed by atoms with Crippen molar-refractivity contribution in [1.82, 2.24) is 9.97 Å². The molecular weight excluding hydrogens is 258 g/mol. The maximum Gasteiger partial charge on any atom is 0.269 e. The Balaban J connectivity index is 2.24. The van der Waals surface area contributed by atoms with Crippen LogP contribution in [0, 0.1) is 10.1 Å². The minimum absolute atomic E-state index is 0.00856. The molecule has 2 rings (SSSR count). The van der Waals surface area contributed by atoms with Crippen molar-refractivity contribution in [2.75, 3.05) is 11.1 Å². The first-order valence-electron chi connectivity index (χ1n) is 4.85. The largest absolute Gasteiger partial charge is 0.393 e. The van der Waals surface area contributed by atoms with E-state index in [4.69, 9.17) is 17.3 Å². The number of non-ortho nitro benzene ring substituents is 1. The maximum absolute atomic E-state index is 10.5. The molecule has 1 aromatic carbocycles. The molecule has 7 nitrogen and oxygen atoms in total. The molecule has 0 aliphatic carbocycles. The number of nitro groups is 1. The Bertz CT molecular complexity index is 587. The maximum atomic E-state index is 10.5. The highest BCUT2D eigenvalue weighted by molar-refractivity contribution is 6.32. The number of aromatic nitrogens is 2. The Hall–Kier alpha value is -2.41. The second-order valence-corrected chi connectivity index (χ2v) is 3.71. The van der Waals surface area contributed by atoms with Crippen molar-refractivity contribution in [2.24, 2.45) is 0 Å². The number of benzene rings is 1. The van der Waals surface area contributed by atoms with Gasteiger partial charge in [0.15, 0.2) is 11.0 Å². The first-order chi connectivity index (χ1) is 8.58. The second-order valence-electron chi connectivity index (χ2n) is 3.36. The summed E-state index contributed by atoms with van der Waals surface area (Å²) in [6, 6.07) is 5.85. The van der Waals surface area contributed by atoms with E-state index in [1.807, 2.05) is 0 Å². The molecule has 0 aliphatic rings. The van der Waals surface area contributed by atoms with Crippen LogP contribution < -0.4 is 11.1 Å². The number of nitro benzene ring substituents is 1. The second kappa shape index (κ2) is 4.84. The van der Waals surface area contributed by atoms with Crippen LogP contribution >= 0.6 is 11.6 Å². The number of halogens is 1. The molecule has 0 unspecified atom stereocenters. The molecular formula is C10H8ClN5O2. The van der Waals surface area contributed by atoms with Gasteiger partial charge >= 0.3 is 0 Å². The van der Waals surface area contributed by atoms with Gasteiger partial charge in [-0.2, -0.15) is 0 Å². The van der Waals surface area contributed by atoms with Crippen molar-refractivity contribution < 1.29 is 4.92 Å². The average molecular weight is 266 g/mol. The molecule has 1 heterocycles. The van der Waals surface area contributed by atoms with Crippen LogP contribution in [0.25, 0.3) is 0 Å². The molecule has 2 aromatic rings. The van der Waals surface area contributed by atoms with E-state index in [9.17, 15) is 10.1 Å². The van der Waals surface area contributed by atoms with Crippen LogP contribution in [0.4, 0.5) is 22.9 Å². The van der Waals surface area contributed by atoms with Crippen LogP contribution in [0.15, 0.2) is 30.6 Å². The number of anilines is 3. The molecule has 92 valence electrons. The van der Waals surface area contributed by atoms with Gasteiger partial charge in [0.05, 0.1) is 4.92 Å². The molecule has 8 heteroatoms. The lowest BCUT2D eigenvalue weighted by atomic mass is 10.3. The third kappa shape index (κ3) is 2.46. The van der Waals surface area contributed by atoms with Crippen molar-refractivity contribution in [3.05, 3.63) is 45.9 Å². The summed E-state index contributed by atoms with van der Waals surface area (Å²) in [7, 11) is 0. The summed E-state index contributed by atoms with van der Waals surface area (Å²) < 4.78 is 0. The molecule has 18 heavy (non-hydrogen) atoms. The minimum Gasteiger partial charge on any atom is -0.393 e. The molecule has 0 saturated carbocycles. The monoisotopic (exact) mass is 265 g/mol. The molecule has 0 radical (unpaired) electrons. The van der Waals surface area contributed by atoms with E-state index in [-0.39, 0.29) is 16.5 Å². The van der Waals surface area contributed by atoms with Crippen molar-refractivity contribution in [2.45, 2.75) is 0 Å². The van der Waals surface area contributed by atoms with Crippen LogP contribution in [0.2, 0.25) is 5.15 Å². The third-order valence-corrected chi connectivity index (χ3v) is 2.48. The first-order valence-corrected chi connectivity index (χ1v) is 5.23. The number of nitrogens with one attached hydrogen (secondary N) is 1. The van der Waals surface area contributed by atoms with Crippen LogP contribution in [0.1, 0.15) is 0 Å². The van der Waals surface area contributed by atoms with Gasteiger partial charge in [-0.1, -0.05) is 11.6 Å². The highest BCUT2D eigenvalue weighted by atomic mass is 35.5. The Morgan fingerprint density at radius 2 is 1.94 bits per heavy atom. The number of nitrogens with two attached hydrogens (primary N) is 1. The van der Waals surface area contributed by atoms with E-state index in [1.165, 1.54) is 18.5 Å². The van der Waals surface area contributed by atoms with E-state index < -0.39 is 4.92 Å². The number of hydrogen-bond donors (Lipinski definition) is 2. The van der Waals surface area contributed by atoms with Gasteiger partial charge in [0, 0.05) is 17.8 Å². The molecule has 0 spiro atoms.